The highest BCUT2D eigenvalue weighted by Crippen LogP contribution is 2.34. The van der Waals surface area contributed by atoms with Gasteiger partial charge in [0.15, 0.2) is 0 Å². The first-order valence-corrected chi connectivity index (χ1v) is 10.8. The Morgan fingerprint density at radius 1 is 1.10 bits per heavy atom. The Morgan fingerprint density at radius 2 is 1.84 bits per heavy atom. The van der Waals surface area contributed by atoms with Crippen LogP contribution in [0.2, 0.25) is 0 Å². The number of amides is 2. The quantitative estimate of drug-likeness (QED) is 0.754. The highest BCUT2D eigenvalue weighted by molar-refractivity contribution is 6.39. The third-order valence-electron chi connectivity index (χ3n) is 6.07. The first kappa shape index (κ1) is 21.3. The van der Waals surface area contributed by atoms with E-state index in [0.717, 1.165) is 30.0 Å². The normalized spacial score (nSPS) is 17.8. The van der Waals surface area contributed by atoms with Crippen LogP contribution in [0.3, 0.4) is 0 Å². The molecule has 7 heteroatoms. The van der Waals surface area contributed by atoms with E-state index in [1.807, 2.05) is 26.0 Å². The van der Waals surface area contributed by atoms with Gasteiger partial charge in [-0.25, -0.2) is 4.98 Å². The van der Waals surface area contributed by atoms with Crippen LogP contribution < -0.4 is 10.2 Å². The number of rotatable bonds is 2. The molecular formula is C24H30N4O3. The van der Waals surface area contributed by atoms with E-state index < -0.39 is 11.8 Å². The molecule has 1 saturated heterocycles. The lowest BCUT2D eigenvalue weighted by Gasteiger charge is -2.39. The number of fused-ring (bicyclic) bond motifs is 1. The van der Waals surface area contributed by atoms with Crippen molar-refractivity contribution in [3.8, 4) is 0 Å². The first-order chi connectivity index (χ1) is 14.7. The average molecular weight is 423 g/mol. The van der Waals surface area contributed by atoms with Gasteiger partial charge in [0.25, 0.3) is 0 Å². The molecule has 164 valence electrons. The molecule has 3 heterocycles. The molecule has 7 nitrogen and oxygen atoms in total. The highest BCUT2D eigenvalue weighted by Gasteiger charge is 2.36. The Morgan fingerprint density at radius 3 is 2.55 bits per heavy atom. The van der Waals surface area contributed by atoms with Crippen molar-refractivity contribution in [2.75, 3.05) is 43.1 Å². The largest absolute Gasteiger partial charge is 0.378 e. The minimum Gasteiger partial charge on any atom is -0.378 e. The summed E-state index contributed by atoms with van der Waals surface area (Å²) in [7, 11) is 0. The minimum absolute atomic E-state index is 0.214. The van der Waals surface area contributed by atoms with Gasteiger partial charge in [0, 0.05) is 31.6 Å². The molecule has 1 aromatic heterocycles. The van der Waals surface area contributed by atoms with Gasteiger partial charge in [0.1, 0.15) is 5.82 Å². The number of nitrogens with zero attached hydrogens (tertiary/aromatic N) is 3. The van der Waals surface area contributed by atoms with E-state index in [1.54, 1.807) is 4.90 Å². The number of morpholine rings is 1. The second-order valence-corrected chi connectivity index (χ2v) is 9.06. The number of benzene rings is 1. The molecule has 0 saturated carbocycles. The van der Waals surface area contributed by atoms with Gasteiger partial charge in [-0.05, 0) is 37.1 Å². The van der Waals surface area contributed by atoms with E-state index in [0.29, 0.717) is 37.7 Å². The van der Waals surface area contributed by atoms with Crippen LogP contribution in [-0.2, 0) is 26.3 Å². The number of anilines is 2. The summed E-state index contributed by atoms with van der Waals surface area (Å²) < 4.78 is 5.39. The fourth-order valence-corrected chi connectivity index (χ4v) is 4.45. The van der Waals surface area contributed by atoms with E-state index in [-0.39, 0.29) is 5.41 Å². The smallest absolute Gasteiger partial charge is 0.313 e. The Kier molecular flexibility index (Phi) is 5.71. The van der Waals surface area contributed by atoms with E-state index >= 15 is 0 Å². The molecule has 0 unspecified atom stereocenters. The summed E-state index contributed by atoms with van der Waals surface area (Å²) in [4.78, 5) is 34.2. The summed E-state index contributed by atoms with van der Waals surface area (Å²) in [6, 6.07) is 10.0. The fraction of sp³-hybridized carbons (Fsp3) is 0.458. The molecule has 4 rings (SSSR count). The van der Waals surface area contributed by atoms with Crippen LogP contribution in [0.25, 0.3) is 0 Å². The monoisotopic (exact) mass is 422 g/mol. The molecule has 0 bridgehead atoms. The Balaban J connectivity index is 1.47. The van der Waals surface area contributed by atoms with Gasteiger partial charge in [0.05, 0.1) is 24.6 Å². The number of aryl methyl sites for hydroxylation is 2. The van der Waals surface area contributed by atoms with Gasteiger partial charge in [0.2, 0.25) is 0 Å². The van der Waals surface area contributed by atoms with Gasteiger partial charge in [-0.1, -0.05) is 37.6 Å². The van der Waals surface area contributed by atoms with Crippen LogP contribution in [0.4, 0.5) is 11.5 Å². The van der Waals surface area contributed by atoms with Crippen molar-refractivity contribution in [1.29, 1.82) is 0 Å². The first-order valence-electron chi connectivity index (χ1n) is 10.8. The van der Waals surface area contributed by atoms with E-state index in [1.165, 1.54) is 5.56 Å². The molecule has 1 fully saturated rings. The topological polar surface area (TPSA) is 74.8 Å². The summed E-state index contributed by atoms with van der Waals surface area (Å²) in [6.45, 7) is 12.0. The Bertz CT molecular complexity index is 1010. The molecule has 2 amide bonds. The van der Waals surface area contributed by atoms with Gasteiger partial charge < -0.3 is 19.9 Å². The second kappa shape index (κ2) is 8.30. The SMILES string of the molecule is Cc1ccc2c(c1)CN(C(=O)C(=O)Nc1ccc(N3CCOCC3)nc1C)CC2(C)C. The Labute approximate surface area is 183 Å². The van der Waals surface area contributed by atoms with Crippen LogP contribution in [0.5, 0.6) is 0 Å². The maximum absolute atomic E-state index is 13.0. The van der Waals surface area contributed by atoms with Crippen LogP contribution in [-0.4, -0.2) is 54.5 Å². The van der Waals surface area contributed by atoms with Crippen molar-refractivity contribution in [1.82, 2.24) is 9.88 Å². The number of carbonyl (C=O) groups excluding carboxylic acids is 2. The van der Waals surface area contributed by atoms with Crippen molar-refractivity contribution in [3.05, 3.63) is 52.7 Å². The molecule has 1 N–H and O–H groups in total. The summed E-state index contributed by atoms with van der Waals surface area (Å²) in [6.07, 6.45) is 0. The third kappa shape index (κ3) is 4.42. The standard InChI is InChI=1S/C24H30N4O3/c1-16-5-6-19-18(13-16)14-28(15-24(19,3)4)23(30)22(29)26-20-7-8-21(25-17(20)2)27-9-11-31-12-10-27/h5-8,13H,9-12,14-15H2,1-4H3,(H,26,29). The van der Waals surface area contributed by atoms with Crippen LogP contribution >= 0.6 is 0 Å². The summed E-state index contributed by atoms with van der Waals surface area (Å²) in [5, 5.41) is 2.76. The van der Waals surface area contributed by atoms with Crippen LogP contribution in [0.15, 0.2) is 30.3 Å². The predicted molar refractivity (Wildman–Crippen MR) is 120 cm³/mol. The molecule has 31 heavy (non-hydrogen) atoms. The average Bonchev–Trinajstić information content (AvgIpc) is 2.74. The van der Waals surface area contributed by atoms with Crippen LogP contribution in [0, 0.1) is 13.8 Å². The number of hydrogen-bond acceptors (Lipinski definition) is 5. The zero-order chi connectivity index (χ0) is 22.2. The summed E-state index contributed by atoms with van der Waals surface area (Å²) in [5.74, 6) is -0.289. The number of nitrogens with one attached hydrogen (secondary N) is 1. The molecule has 0 radical (unpaired) electrons. The number of hydrogen-bond donors (Lipinski definition) is 1. The molecular weight excluding hydrogens is 392 g/mol. The number of carbonyl (C=O) groups is 2. The van der Waals surface area contributed by atoms with E-state index in [4.69, 9.17) is 4.74 Å². The molecule has 2 aromatic rings. The predicted octanol–water partition coefficient (Wildman–Crippen LogP) is 2.79. The molecule has 2 aliphatic heterocycles. The maximum Gasteiger partial charge on any atom is 0.313 e. The van der Waals surface area contributed by atoms with Crippen molar-refractivity contribution in [2.24, 2.45) is 0 Å². The summed E-state index contributed by atoms with van der Waals surface area (Å²) in [5.41, 5.74) is 4.52. The lowest BCUT2D eigenvalue weighted by atomic mass is 9.78. The molecule has 0 aliphatic carbocycles. The van der Waals surface area contributed by atoms with Gasteiger partial charge >= 0.3 is 11.8 Å². The minimum atomic E-state index is -0.629. The molecule has 0 spiro atoms. The molecule has 0 atom stereocenters. The van der Waals surface area contributed by atoms with Crippen LogP contribution in [0.1, 0.15) is 36.2 Å². The van der Waals surface area contributed by atoms with Gasteiger partial charge in [-0.3, -0.25) is 9.59 Å². The molecule has 2 aliphatic rings. The molecule has 1 aromatic carbocycles. The van der Waals surface area contributed by atoms with Crippen molar-refractivity contribution in [3.63, 3.8) is 0 Å². The Hall–Kier alpha value is -2.93. The van der Waals surface area contributed by atoms with E-state index in [9.17, 15) is 9.59 Å². The van der Waals surface area contributed by atoms with Crippen molar-refractivity contribution in [2.45, 2.75) is 39.7 Å². The van der Waals surface area contributed by atoms with Gasteiger partial charge in [-0.2, -0.15) is 0 Å². The lowest BCUT2D eigenvalue weighted by molar-refractivity contribution is -0.144. The number of pyridine rings is 1. The second-order valence-electron chi connectivity index (χ2n) is 9.06. The number of ether oxygens (including phenoxy) is 1. The zero-order valence-electron chi connectivity index (χ0n) is 18.7. The maximum atomic E-state index is 13.0. The highest BCUT2D eigenvalue weighted by atomic mass is 16.5. The van der Waals surface area contributed by atoms with E-state index in [2.05, 4.69) is 47.2 Å². The summed E-state index contributed by atoms with van der Waals surface area (Å²) >= 11 is 0. The number of aromatic nitrogens is 1. The lowest BCUT2D eigenvalue weighted by Crippen LogP contribution is -2.48. The van der Waals surface area contributed by atoms with Crippen molar-refractivity contribution < 1.29 is 14.3 Å². The van der Waals surface area contributed by atoms with Crippen molar-refractivity contribution >= 4 is 23.3 Å². The third-order valence-corrected chi connectivity index (χ3v) is 6.07. The zero-order valence-corrected chi connectivity index (χ0v) is 18.7. The fourth-order valence-electron chi connectivity index (χ4n) is 4.45. The van der Waals surface area contributed by atoms with Gasteiger partial charge in [-0.15, -0.1) is 0 Å².